The number of carbonyl (C=O) groups excluding carboxylic acids is 1. The number of rotatable bonds is 5. The van der Waals surface area contributed by atoms with Crippen LogP contribution in [0.4, 0.5) is 10.5 Å². The maximum absolute atomic E-state index is 12.1. The number of nitrogens with zero attached hydrogens (tertiary/aromatic N) is 1. The molecule has 0 aliphatic heterocycles. The molecule has 0 aliphatic rings. The molecule has 1 N–H and O–H groups in total. The second kappa shape index (κ2) is 7.90. The quantitative estimate of drug-likeness (QED) is 0.840. The standard InChI is InChI=1S/C13H19ClN2O2S2/c1-9(8-20(4)18)16(2)13(17)15-10-5-6-12(19-3)11(14)7-10/h5-7,9H,8H2,1-4H3,(H,15,17). The van der Waals surface area contributed by atoms with Crippen molar-refractivity contribution in [3.63, 3.8) is 0 Å². The highest BCUT2D eigenvalue weighted by molar-refractivity contribution is 7.98. The lowest BCUT2D eigenvalue weighted by molar-refractivity contribution is 0.212. The fourth-order valence-electron chi connectivity index (χ4n) is 1.61. The van der Waals surface area contributed by atoms with Gasteiger partial charge < -0.3 is 10.2 Å². The number of thioether (sulfide) groups is 1. The minimum atomic E-state index is -0.933. The summed E-state index contributed by atoms with van der Waals surface area (Å²) >= 11 is 7.65. The highest BCUT2D eigenvalue weighted by Crippen LogP contribution is 2.28. The number of carbonyl (C=O) groups is 1. The average molecular weight is 335 g/mol. The van der Waals surface area contributed by atoms with E-state index in [4.69, 9.17) is 11.6 Å². The number of hydrogen-bond donors (Lipinski definition) is 1. The molecule has 112 valence electrons. The SMILES string of the molecule is CSc1ccc(NC(=O)N(C)C(C)CS(C)=O)cc1Cl. The zero-order valence-corrected chi connectivity index (χ0v) is 14.4. The van der Waals surface area contributed by atoms with Crippen LogP contribution in [0.1, 0.15) is 6.92 Å². The first-order valence-corrected chi connectivity index (χ1v) is 9.35. The van der Waals surface area contributed by atoms with Gasteiger partial charge in [0.1, 0.15) is 0 Å². The van der Waals surface area contributed by atoms with Crippen molar-refractivity contribution in [3.05, 3.63) is 23.2 Å². The molecule has 20 heavy (non-hydrogen) atoms. The summed E-state index contributed by atoms with van der Waals surface area (Å²) in [5.41, 5.74) is 0.648. The first kappa shape index (κ1) is 17.3. The summed E-state index contributed by atoms with van der Waals surface area (Å²) in [4.78, 5) is 14.6. The van der Waals surface area contributed by atoms with Crippen molar-refractivity contribution in [1.29, 1.82) is 0 Å². The van der Waals surface area contributed by atoms with Crippen molar-refractivity contribution in [2.45, 2.75) is 17.9 Å². The van der Waals surface area contributed by atoms with E-state index in [0.29, 0.717) is 16.5 Å². The van der Waals surface area contributed by atoms with Gasteiger partial charge in [0.15, 0.2) is 0 Å². The minimum Gasteiger partial charge on any atom is -0.324 e. The van der Waals surface area contributed by atoms with Crippen LogP contribution in [0, 0.1) is 0 Å². The summed E-state index contributed by atoms with van der Waals surface area (Å²) in [7, 11) is 0.752. The van der Waals surface area contributed by atoms with E-state index in [-0.39, 0.29) is 12.1 Å². The molecule has 0 aromatic heterocycles. The molecule has 1 aromatic rings. The summed E-state index contributed by atoms with van der Waals surface area (Å²) in [6, 6.07) is 5.07. The lowest BCUT2D eigenvalue weighted by atomic mass is 10.3. The lowest BCUT2D eigenvalue weighted by Gasteiger charge is -2.24. The molecule has 0 aliphatic carbocycles. The van der Waals surface area contributed by atoms with Crippen LogP contribution in [0.2, 0.25) is 5.02 Å². The summed E-state index contributed by atoms with van der Waals surface area (Å²) in [5, 5.41) is 3.39. The normalized spacial score (nSPS) is 13.7. The van der Waals surface area contributed by atoms with Gasteiger partial charge in [-0.1, -0.05) is 11.6 Å². The summed E-state index contributed by atoms with van der Waals surface area (Å²) in [6.07, 6.45) is 3.57. The number of benzene rings is 1. The predicted molar refractivity (Wildman–Crippen MR) is 88.4 cm³/mol. The molecule has 1 rings (SSSR count). The highest BCUT2D eigenvalue weighted by atomic mass is 35.5. The largest absolute Gasteiger partial charge is 0.324 e. The van der Waals surface area contributed by atoms with E-state index < -0.39 is 10.8 Å². The molecule has 7 heteroatoms. The molecular weight excluding hydrogens is 316 g/mol. The van der Waals surface area contributed by atoms with E-state index in [9.17, 15) is 9.00 Å². The van der Waals surface area contributed by atoms with Crippen molar-refractivity contribution in [2.75, 3.05) is 30.6 Å². The zero-order chi connectivity index (χ0) is 15.3. The third-order valence-corrected chi connectivity index (χ3v) is 5.03. The van der Waals surface area contributed by atoms with Crippen molar-refractivity contribution in [2.24, 2.45) is 0 Å². The van der Waals surface area contributed by atoms with Crippen LogP contribution in [0.15, 0.2) is 23.1 Å². The average Bonchev–Trinajstić information content (AvgIpc) is 2.37. The van der Waals surface area contributed by atoms with E-state index >= 15 is 0 Å². The Morgan fingerprint density at radius 2 is 2.20 bits per heavy atom. The van der Waals surface area contributed by atoms with Gasteiger partial charge in [-0.15, -0.1) is 11.8 Å². The monoisotopic (exact) mass is 334 g/mol. The molecule has 0 bridgehead atoms. The fourth-order valence-corrected chi connectivity index (χ4v) is 3.38. The first-order valence-electron chi connectivity index (χ1n) is 6.02. The van der Waals surface area contributed by atoms with Gasteiger partial charge in [-0.3, -0.25) is 4.21 Å². The Hall–Kier alpha value is -0.720. The third-order valence-electron chi connectivity index (χ3n) is 2.86. The van der Waals surface area contributed by atoms with Gasteiger partial charge in [-0.05, 0) is 31.4 Å². The van der Waals surface area contributed by atoms with Crippen LogP contribution in [-0.2, 0) is 10.8 Å². The number of urea groups is 1. The Bertz CT molecular complexity index is 511. The maximum atomic E-state index is 12.1. The van der Waals surface area contributed by atoms with E-state index in [1.165, 1.54) is 4.90 Å². The molecule has 0 spiro atoms. The van der Waals surface area contributed by atoms with Crippen LogP contribution in [0.3, 0.4) is 0 Å². The summed E-state index contributed by atoms with van der Waals surface area (Å²) in [6.45, 7) is 1.87. The van der Waals surface area contributed by atoms with Gasteiger partial charge in [-0.25, -0.2) is 4.79 Å². The molecule has 0 saturated heterocycles. The Balaban J connectivity index is 2.70. The van der Waals surface area contributed by atoms with Crippen LogP contribution in [-0.4, -0.2) is 46.5 Å². The molecule has 2 amide bonds. The highest BCUT2D eigenvalue weighted by Gasteiger charge is 2.17. The Morgan fingerprint density at radius 1 is 1.55 bits per heavy atom. The second-order valence-corrected chi connectivity index (χ2v) is 7.21. The number of anilines is 1. The van der Waals surface area contributed by atoms with Crippen molar-refractivity contribution >= 4 is 45.9 Å². The number of hydrogen-bond acceptors (Lipinski definition) is 3. The van der Waals surface area contributed by atoms with Crippen LogP contribution in [0.25, 0.3) is 0 Å². The zero-order valence-electron chi connectivity index (χ0n) is 12.0. The number of amides is 2. The second-order valence-electron chi connectivity index (χ2n) is 4.48. The van der Waals surface area contributed by atoms with Crippen molar-refractivity contribution < 1.29 is 9.00 Å². The van der Waals surface area contributed by atoms with Crippen LogP contribution >= 0.6 is 23.4 Å². The number of halogens is 1. The molecule has 0 radical (unpaired) electrons. The third kappa shape index (κ3) is 5.00. The van der Waals surface area contributed by atoms with Crippen LogP contribution < -0.4 is 5.32 Å². The molecule has 2 atom stereocenters. The molecule has 2 unspecified atom stereocenters. The Kier molecular flexibility index (Phi) is 6.85. The smallest absolute Gasteiger partial charge is 0.321 e. The maximum Gasteiger partial charge on any atom is 0.321 e. The summed E-state index contributed by atoms with van der Waals surface area (Å²) < 4.78 is 11.2. The van der Waals surface area contributed by atoms with Gasteiger partial charge in [0.25, 0.3) is 0 Å². The molecule has 1 aromatic carbocycles. The van der Waals surface area contributed by atoms with Crippen molar-refractivity contribution in [3.8, 4) is 0 Å². The van der Waals surface area contributed by atoms with E-state index in [0.717, 1.165) is 4.90 Å². The van der Waals surface area contributed by atoms with E-state index in [2.05, 4.69) is 5.32 Å². The first-order chi connectivity index (χ1) is 9.35. The van der Waals surface area contributed by atoms with Gasteiger partial charge in [0.05, 0.1) is 5.02 Å². The van der Waals surface area contributed by atoms with Gasteiger partial charge in [0, 0.05) is 46.5 Å². The number of nitrogens with one attached hydrogen (secondary N) is 1. The molecule has 0 heterocycles. The Morgan fingerprint density at radius 3 is 2.70 bits per heavy atom. The fraction of sp³-hybridized carbons (Fsp3) is 0.462. The Labute approximate surface area is 131 Å². The molecule has 0 saturated carbocycles. The van der Waals surface area contributed by atoms with Gasteiger partial charge in [0.2, 0.25) is 0 Å². The molecular formula is C13H19ClN2O2S2. The summed E-state index contributed by atoms with van der Waals surface area (Å²) in [5.74, 6) is 0.454. The minimum absolute atomic E-state index is 0.0956. The molecule has 4 nitrogen and oxygen atoms in total. The van der Waals surface area contributed by atoms with Gasteiger partial charge >= 0.3 is 6.03 Å². The van der Waals surface area contributed by atoms with E-state index in [1.807, 2.05) is 25.3 Å². The topological polar surface area (TPSA) is 49.4 Å². The van der Waals surface area contributed by atoms with Crippen LogP contribution in [0.5, 0.6) is 0 Å². The predicted octanol–water partition coefficient (Wildman–Crippen LogP) is 3.29. The lowest BCUT2D eigenvalue weighted by Crippen LogP contribution is -2.40. The van der Waals surface area contributed by atoms with E-state index in [1.54, 1.807) is 31.1 Å². The molecule has 0 fully saturated rings. The van der Waals surface area contributed by atoms with Gasteiger partial charge in [-0.2, -0.15) is 0 Å². The van der Waals surface area contributed by atoms with Crippen molar-refractivity contribution in [1.82, 2.24) is 4.90 Å².